The number of likely N-dealkylation sites (N-methyl/N-ethyl adjacent to an activating group) is 1. The van der Waals surface area contributed by atoms with Crippen LogP contribution in [0.1, 0.15) is 24.6 Å². The molecule has 2 aromatic heterocycles. The van der Waals surface area contributed by atoms with Gasteiger partial charge >= 0.3 is 0 Å². The molecule has 2 aromatic rings. The van der Waals surface area contributed by atoms with E-state index in [9.17, 15) is 4.79 Å². The van der Waals surface area contributed by atoms with Crippen LogP contribution in [0.3, 0.4) is 0 Å². The standard InChI is InChI=1S/C16H21ClN4OS/c1-2-20(12-13-4-5-14(17)23-13)15(22)16(6-9-18-10-7-16)21-11-3-8-19-21/h3-5,8,11,18H,2,6-7,9-10,12H2,1H3. The minimum Gasteiger partial charge on any atom is -0.336 e. The maximum absolute atomic E-state index is 13.4. The zero-order chi connectivity index (χ0) is 16.3. The Labute approximate surface area is 145 Å². The van der Waals surface area contributed by atoms with Crippen molar-refractivity contribution < 1.29 is 4.79 Å². The SMILES string of the molecule is CCN(Cc1ccc(Cl)s1)C(=O)C1(n2cccn2)CCNCC1. The van der Waals surface area contributed by atoms with Crippen LogP contribution in [0.25, 0.3) is 0 Å². The zero-order valence-electron chi connectivity index (χ0n) is 13.2. The molecule has 5 nitrogen and oxygen atoms in total. The van der Waals surface area contributed by atoms with E-state index in [1.807, 2.05) is 40.9 Å². The molecule has 0 atom stereocenters. The van der Waals surface area contributed by atoms with Gasteiger partial charge in [-0.05, 0) is 51.1 Å². The minimum absolute atomic E-state index is 0.148. The molecule has 0 spiro atoms. The number of hydrogen-bond donors (Lipinski definition) is 1. The molecule has 124 valence electrons. The average Bonchev–Trinajstić information content (AvgIpc) is 3.24. The fourth-order valence-corrected chi connectivity index (χ4v) is 4.25. The van der Waals surface area contributed by atoms with E-state index in [-0.39, 0.29) is 5.91 Å². The second-order valence-electron chi connectivity index (χ2n) is 5.76. The lowest BCUT2D eigenvalue weighted by Crippen LogP contribution is -2.55. The highest BCUT2D eigenvalue weighted by atomic mass is 35.5. The molecular formula is C16H21ClN4OS. The van der Waals surface area contributed by atoms with Gasteiger partial charge in [0.05, 0.1) is 10.9 Å². The fourth-order valence-electron chi connectivity index (χ4n) is 3.15. The Kier molecular flexibility index (Phi) is 5.04. The predicted molar refractivity (Wildman–Crippen MR) is 92.7 cm³/mol. The highest BCUT2D eigenvalue weighted by Crippen LogP contribution is 2.31. The van der Waals surface area contributed by atoms with Gasteiger partial charge in [0.25, 0.3) is 5.91 Å². The third-order valence-corrected chi connectivity index (χ3v) is 5.63. The Morgan fingerprint density at radius 1 is 1.48 bits per heavy atom. The van der Waals surface area contributed by atoms with E-state index < -0.39 is 5.54 Å². The van der Waals surface area contributed by atoms with Crippen molar-refractivity contribution in [2.24, 2.45) is 0 Å². The molecule has 0 unspecified atom stereocenters. The molecule has 7 heteroatoms. The Balaban J connectivity index is 1.87. The Hall–Kier alpha value is -1.37. The topological polar surface area (TPSA) is 50.2 Å². The molecule has 1 fully saturated rings. The number of thiophene rings is 1. The summed E-state index contributed by atoms with van der Waals surface area (Å²) in [5, 5.41) is 7.72. The van der Waals surface area contributed by atoms with Gasteiger partial charge in [-0.25, -0.2) is 0 Å². The molecule has 0 aromatic carbocycles. The smallest absolute Gasteiger partial charge is 0.250 e. The van der Waals surface area contributed by atoms with E-state index in [2.05, 4.69) is 10.4 Å². The molecule has 1 saturated heterocycles. The summed E-state index contributed by atoms with van der Waals surface area (Å²) in [5.41, 5.74) is -0.578. The summed E-state index contributed by atoms with van der Waals surface area (Å²) in [7, 11) is 0. The van der Waals surface area contributed by atoms with Crippen molar-refractivity contribution in [3.8, 4) is 0 Å². The predicted octanol–water partition coefficient (Wildman–Crippen LogP) is 2.73. The van der Waals surface area contributed by atoms with Gasteiger partial charge in [-0.3, -0.25) is 9.48 Å². The molecule has 1 N–H and O–H groups in total. The van der Waals surface area contributed by atoms with Crippen LogP contribution in [0.15, 0.2) is 30.6 Å². The Bertz CT molecular complexity index is 649. The summed E-state index contributed by atoms with van der Waals surface area (Å²) in [6.45, 7) is 4.95. The number of aromatic nitrogens is 2. The van der Waals surface area contributed by atoms with E-state index in [0.29, 0.717) is 13.1 Å². The summed E-state index contributed by atoms with van der Waals surface area (Å²) < 4.78 is 2.60. The normalized spacial score (nSPS) is 17.1. The average molecular weight is 353 g/mol. The van der Waals surface area contributed by atoms with Gasteiger partial charge in [-0.2, -0.15) is 5.10 Å². The largest absolute Gasteiger partial charge is 0.336 e. The molecule has 3 rings (SSSR count). The van der Waals surface area contributed by atoms with Gasteiger partial charge in [0.1, 0.15) is 5.54 Å². The molecule has 1 amide bonds. The summed E-state index contributed by atoms with van der Waals surface area (Å²) in [4.78, 5) is 16.4. The number of rotatable bonds is 5. The van der Waals surface area contributed by atoms with Gasteiger partial charge in [0, 0.05) is 23.8 Å². The Morgan fingerprint density at radius 3 is 2.83 bits per heavy atom. The van der Waals surface area contributed by atoms with Gasteiger partial charge in [0.2, 0.25) is 0 Å². The van der Waals surface area contributed by atoms with Crippen LogP contribution in [-0.2, 0) is 16.9 Å². The molecule has 1 aliphatic heterocycles. The number of hydrogen-bond acceptors (Lipinski definition) is 4. The van der Waals surface area contributed by atoms with E-state index in [1.54, 1.807) is 6.20 Å². The van der Waals surface area contributed by atoms with Gasteiger partial charge in [-0.15, -0.1) is 11.3 Å². The van der Waals surface area contributed by atoms with Crippen molar-refractivity contribution in [3.63, 3.8) is 0 Å². The van der Waals surface area contributed by atoms with E-state index in [4.69, 9.17) is 11.6 Å². The molecular weight excluding hydrogens is 332 g/mol. The van der Waals surface area contributed by atoms with Gasteiger partial charge < -0.3 is 10.2 Å². The minimum atomic E-state index is -0.578. The van der Waals surface area contributed by atoms with Crippen LogP contribution in [0.5, 0.6) is 0 Å². The highest BCUT2D eigenvalue weighted by molar-refractivity contribution is 7.16. The molecule has 0 bridgehead atoms. The lowest BCUT2D eigenvalue weighted by Gasteiger charge is -2.40. The van der Waals surface area contributed by atoms with Crippen molar-refractivity contribution in [1.29, 1.82) is 0 Å². The molecule has 0 saturated carbocycles. The highest BCUT2D eigenvalue weighted by Gasteiger charge is 2.44. The number of halogens is 1. The third kappa shape index (κ3) is 3.29. The number of nitrogens with one attached hydrogen (secondary N) is 1. The fraction of sp³-hybridized carbons (Fsp3) is 0.500. The number of nitrogens with zero attached hydrogens (tertiary/aromatic N) is 3. The number of carbonyl (C=O) groups is 1. The first-order chi connectivity index (χ1) is 11.2. The van der Waals surface area contributed by atoms with E-state index in [0.717, 1.165) is 35.1 Å². The summed E-state index contributed by atoms with van der Waals surface area (Å²) in [5.74, 6) is 0.148. The second kappa shape index (κ2) is 7.03. The molecule has 23 heavy (non-hydrogen) atoms. The van der Waals surface area contributed by atoms with Crippen LogP contribution < -0.4 is 5.32 Å². The summed E-state index contributed by atoms with van der Waals surface area (Å²) in [6, 6.07) is 5.76. The number of carbonyl (C=O) groups excluding carboxylic acids is 1. The first kappa shape index (κ1) is 16.5. The number of amides is 1. The van der Waals surface area contributed by atoms with Crippen LogP contribution in [0, 0.1) is 0 Å². The quantitative estimate of drug-likeness (QED) is 0.900. The van der Waals surface area contributed by atoms with Crippen LogP contribution in [0.2, 0.25) is 4.34 Å². The monoisotopic (exact) mass is 352 g/mol. The van der Waals surface area contributed by atoms with Gasteiger partial charge in [-0.1, -0.05) is 11.6 Å². The van der Waals surface area contributed by atoms with E-state index in [1.165, 1.54) is 11.3 Å². The third-order valence-electron chi connectivity index (χ3n) is 4.42. The second-order valence-corrected chi connectivity index (χ2v) is 7.56. The lowest BCUT2D eigenvalue weighted by atomic mass is 9.86. The summed E-state index contributed by atoms with van der Waals surface area (Å²) in [6.07, 6.45) is 5.16. The maximum atomic E-state index is 13.4. The van der Waals surface area contributed by atoms with Gasteiger partial charge in [0.15, 0.2) is 0 Å². The molecule has 0 radical (unpaired) electrons. The van der Waals surface area contributed by atoms with Crippen molar-refractivity contribution in [2.45, 2.75) is 31.8 Å². The first-order valence-electron chi connectivity index (χ1n) is 7.90. The van der Waals surface area contributed by atoms with Crippen LogP contribution in [-0.4, -0.2) is 40.2 Å². The molecule has 0 aliphatic carbocycles. The van der Waals surface area contributed by atoms with Crippen LogP contribution in [0.4, 0.5) is 0 Å². The molecule has 3 heterocycles. The maximum Gasteiger partial charge on any atom is 0.250 e. The van der Waals surface area contributed by atoms with E-state index >= 15 is 0 Å². The first-order valence-corrected chi connectivity index (χ1v) is 9.09. The van der Waals surface area contributed by atoms with Crippen molar-refractivity contribution in [2.75, 3.05) is 19.6 Å². The van der Waals surface area contributed by atoms with Crippen molar-refractivity contribution in [3.05, 3.63) is 39.8 Å². The lowest BCUT2D eigenvalue weighted by molar-refractivity contribution is -0.143. The van der Waals surface area contributed by atoms with Crippen molar-refractivity contribution >= 4 is 28.8 Å². The Morgan fingerprint density at radius 2 is 2.26 bits per heavy atom. The number of piperidine rings is 1. The van der Waals surface area contributed by atoms with Crippen LogP contribution >= 0.6 is 22.9 Å². The van der Waals surface area contributed by atoms with Crippen molar-refractivity contribution in [1.82, 2.24) is 20.0 Å². The summed E-state index contributed by atoms with van der Waals surface area (Å²) >= 11 is 7.55. The molecule has 1 aliphatic rings. The zero-order valence-corrected chi connectivity index (χ0v) is 14.7.